The molecule has 2 aliphatic heterocycles. The molecule has 0 saturated carbocycles. The predicted molar refractivity (Wildman–Crippen MR) is 115 cm³/mol. The van der Waals surface area contributed by atoms with Crippen molar-refractivity contribution in [2.45, 2.75) is 33.2 Å². The van der Waals surface area contributed by atoms with E-state index in [4.69, 9.17) is 4.98 Å². The number of piperidine rings is 1. The summed E-state index contributed by atoms with van der Waals surface area (Å²) in [6.45, 7) is 10.9. The number of anilines is 1. The molecule has 0 radical (unpaired) electrons. The minimum atomic E-state index is 0.141. The lowest BCUT2D eigenvalue weighted by atomic mass is 9.99. The van der Waals surface area contributed by atoms with Gasteiger partial charge in [0.1, 0.15) is 0 Å². The largest absolute Gasteiger partial charge is 0.345 e. The second-order valence-corrected chi connectivity index (χ2v) is 9.07. The number of carbonyl (C=O) groups is 1. The molecule has 5 nitrogen and oxygen atoms in total. The summed E-state index contributed by atoms with van der Waals surface area (Å²) in [6, 6.07) is 7.87. The number of amides is 1. The number of carbonyl (C=O) groups excluding carboxylic acids is 1. The molecule has 1 amide bonds. The van der Waals surface area contributed by atoms with Gasteiger partial charge in [0, 0.05) is 43.7 Å². The highest BCUT2D eigenvalue weighted by atomic mass is 32.1. The van der Waals surface area contributed by atoms with Gasteiger partial charge in [0.05, 0.1) is 5.69 Å². The third-order valence-electron chi connectivity index (χ3n) is 5.90. The summed E-state index contributed by atoms with van der Waals surface area (Å²) < 4.78 is 0. The Morgan fingerprint density at radius 2 is 1.89 bits per heavy atom. The fourth-order valence-corrected chi connectivity index (χ4v) is 4.90. The number of aromatic nitrogens is 1. The predicted octanol–water partition coefficient (Wildman–Crippen LogP) is 3.65. The third kappa shape index (κ3) is 4.55. The Bertz CT molecular complexity index is 804. The first-order valence-electron chi connectivity index (χ1n) is 10.4. The van der Waals surface area contributed by atoms with Crippen molar-refractivity contribution in [1.82, 2.24) is 14.8 Å². The van der Waals surface area contributed by atoms with E-state index in [1.165, 1.54) is 31.6 Å². The summed E-state index contributed by atoms with van der Waals surface area (Å²) in [7, 11) is 0. The molecule has 150 valence electrons. The van der Waals surface area contributed by atoms with E-state index in [1.807, 2.05) is 36.1 Å². The molecule has 2 saturated heterocycles. The highest BCUT2D eigenvalue weighted by Crippen LogP contribution is 2.24. The summed E-state index contributed by atoms with van der Waals surface area (Å²) in [5, 5.41) is 3.31. The Morgan fingerprint density at radius 1 is 1.14 bits per heavy atom. The Labute approximate surface area is 172 Å². The van der Waals surface area contributed by atoms with Gasteiger partial charge in [0.2, 0.25) is 0 Å². The normalized spacial score (nSPS) is 19.2. The fraction of sp³-hybridized carbons (Fsp3) is 0.545. The van der Waals surface area contributed by atoms with Gasteiger partial charge in [0.15, 0.2) is 5.13 Å². The van der Waals surface area contributed by atoms with Crippen LogP contribution in [0.4, 0.5) is 5.13 Å². The Balaban J connectivity index is 1.30. The number of hydrogen-bond donors (Lipinski definition) is 0. The van der Waals surface area contributed by atoms with Crippen LogP contribution in [0, 0.1) is 12.8 Å². The molecule has 0 aliphatic carbocycles. The number of thiazole rings is 1. The molecule has 0 bridgehead atoms. The van der Waals surface area contributed by atoms with E-state index >= 15 is 0 Å². The summed E-state index contributed by atoms with van der Waals surface area (Å²) in [4.78, 5) is 24.4. The molecule has 2 fully saturated rings. The third-order valence-corrected chi connectivity index (χ3v) is 6.85. The first kappa shape index (κ1) is 19.4. The number of hydrogen-bond acceptors (Lipinski definition) is 5. The molecule has 6 heteroatoms. The Kier molecular flexibility index (Phi) is 5.97. The number of nitrogens with zero attached hydrogens (tertiary/aromatic N) is 4. The van der Waals surface area contributed by atoms with E-state index in [0.717, 1.165) is 54.9 Å². The fourth-order valence-electron chi connectivity index (χ4n) is 4.02. The maximum atomic E-state index is 12.7. The molecule has 28 heavy (non-hydrogen) atoms. The van der Waals surface area contributed by atoms with Crippen molar-refractivity contribution in [3.05, 3.63) is 46.5 Å². The average Bonchev–Trinajstić information content (AvgIpc) is 3.18. The van der Waals surface area contributed by atoms with Crippen LogP contribution in [0.1, 0.15) is 41.4 Å². The van der Waals surface area contributed by atoms with Crippen LogP contribution in [0.25, 0.3) is 0 Å². The number of benzene rings is 1. The molecule has 4 rings (SSSR count). The van der Waals surface area contributed by atoms with E-state index in [2.05, 4.69) is 22.1 Å². The van der Waals surface area contributed by atoms with E-state index < -0.39 is 0 Å². The minimum Gasteiger partial charge on any atom is -0.345 e. The van der Waals surface area contributed by atoms with E-state index in [-0.39, 0.29) is 5.91 Å². The van der Waals surface area contributed by atoms with Gasteiger partial charge in [-0.15, -0.1) is 11.3 Å². The van der Waals surface area contributed by atoms with Crippen LogP contribution in [-0.2, 0) is 6.54 Å². The van der Waals surface area contributed by atoms with Crippen LogP contribution in [0.15, 0.2) is 29.6 Å². The number of piperazine rings is 1. The zero-order valence-corrected chi connectivity index (χ0v) is 17.7. The van der Waals surface area contributed by atoms with Gasteiger partial charge in [-0.3, -0.25) is 9.69 Å². The lowest BCUT2D eigenvalue weighted by Gasteiger charge is -2.34. The zero-order valence-electron chi connectivity index (χ0n) is 16.9. The van der Waals surface area contributed by atoms with Gasteiger partial charge < -0.3 is 9.80 Å². The van der Waals surface area contributed by atoms with Crippen LogP contribution < -0.4 is 4.90 Å². The maximum Gasteiger partial charge on any atom is 0.253 e. The van der Waals surface area contributed by atoms with Crippen molar-refractivity contribution in [3.8, 4) is 0 Å². The molecule has 0 unspecified atom stereocenters. The first-order chi connectivity index (χ1) is 13.6. The van der Waals surface area contributed by atoms with Gasteiger partial charge >= 0.3 is 0 Å². The lowest BCUT2D eigenvalue weighted by molar-refractivity contribution is 0.0746. The second kappa shape index (κ2) is 8.62. The van der Waals surface area contributed by atoms with Crippen molar-refractivity contribution < 1.29 is 4.79 Å². The van der Waals surface area contributed by atoms with Crippen LogP contribution in [0.2, 0.25) is 0 Å². The maximum absolute atomic E-state index is 12.7. The second-order valence-electron chi connectivity index (χ2n) is 8.23. The monoisotopic (exact) mass is 398 g/mol. The van der Waals surface area contributed by atoms with Gasteiger partial charge in [-0.25, -0.2) is 4.98 Å². The molecular formula is C22H30N4OS. The minimum absolute atomic E-state index is 0.141. The lowest BCUT2D eigenvalue weighted by Crippen LogP contribution is -2.48. The SMILES string of the molecule is Cc1cccc(C(=O)N2CCN(c3nc(CN4CCC(C)CC4)cs3)CC2)c1. The highest BCUT2D eigenvalue weighted by Gasteiger charge is 2.24. The number of aryl methyl sites for hydroxylation is 1. The van der Waals surface area contributed by atoms with Gasteiger partial charge in [0.25, 0.3) is 5.91 Å². The van der Waals surface area contributed by atoms with Crippen molar-refractivity contribution in [2.75, 3.05) is 44.2 Å². The Morgan fingerprint density at radius 3 is 2.61 bits per heavy atom. The standard InChI is InChI=1S/C22H30N4OS/c1-17-6-8-24(9-7-17)15-20-16-28-22(23-20)26-12-10-25(11-13-26)21(27)19-5-3-4-18(2)14-19/h3-5,14,16-17H,6-13,15H2,1-2H3. The molecule has 2 aromatic rings. The zero-order chi connectivity index (χ0) is 19.5. The van der Waals surface area contributed by atoms with Crippen molar-refractivity contribution in [3.63, 3.8) is 0 Å². The topological polar surface area (TPSA) is 39.7 Å². The highest BCUT2D eigenvalue weighted by molar-refractivity contribution is 7.13. The van der Waals surface area contributed by atoms with Crippen molar-refractivity contribution >= 4 is 22.4 Å². The Hall–Kier alpha value is -1.92. The number of rotatable bonds is 4. The summed E-state index contributed by atoms with van der Waals surface area (Å²) in [6.07, 6.45) is 2.60. The smallest absolute Gasteiger partial charge is 0.253 e. The number of likely N-dealkylation sites (tertiary alicyclic amines) is 1. The van der Waals surface area contributed by atoms with Crippen LogP contribution in [0.3, 0.4) is 0 Å². The molecule has 3 heterocycles. The summed E-state index contributed by atoms with van der Waals surface area (Å²) in [5.41, 5.74) is 3.11. The summed E-state index contributed by atoms with van der Waals surface area (Å²) in [5.74, 6) is 1.00. The van der Waals surface area contributed by atoms with Crippen LogP contribution >= 0.6 is 11.3 Å². The van der Waals surface area contributed by atoms with E-state index in [9.17, 15) is 4.79 Å². The average molecular weight is 399 g/mol. The van der Waals surface area contributed by atoms with Crippen molar-refractivity contribution in [1.29, 1.82) is 0 Å². The molecule has 0 N–H and O–H groups in total. The van der Waals surface area contributed by atoms with E-state index in [0.29, 0.717) is 0 Å². The van der Waals surface area contributed by atoms with Crippen LogP contribution in [-0.4, -0.2) is 60.0 Å². The van der Waals surface area contributed by atoms with Gasteiger partial charge in [-0.05, 0) is 50.9 Å². The molecular weight excluding hydrogens is 368 g/mol. The molecule has 0 spiro atoms. The molecule has 1 aromatic carbocycles. The molecule has 2 aliphatic rings. The van der Waals surface area contributed by atoms with Gasteiger partial charge in [-0.2, -0.15) is 0 Å². The van der Waals surface area contributed by atoms with Gasteiger partial charge in [-0.1, -0.05) is 24.6 Å². The van der Waals surface area contributed by atoms with Crippen LogP contribution in [0.5, 0.6) is 0 Å². The quantitative estimate of drug-likeness (QED) is 0.788. The first-order valence-corrected chi connectivity index (χ1v) is 11.2. The van der Waals surface area contributed by atoms with Crippen molar-refractivity contribution in [2.24, 2.45) is 5.92 Å². The summed E-state index contributed by atoms with van der Waals surface area (Å²) >= 11 is 1.74. The van der Waals surface area contributed by atoms with E-state index in [1.54, 1.807) is 11.3 Å². The molecule has 0 atom stereocenters. The molecule has 1 aromatic heterocycles.